The largest absolute Gasteiger partial charge is 0.390 e. The molecular formula is C15H22BrClN2O. The van der Waals surface area contributed by atoms with Gasteiger partial charge in [-0.1, -0.05) is 32.4 Å². The molecule has 1 aliphatic heterocycles. The Morgan fingerprint density at radius 3 is 2.45 bits per heavy atom. The van der Waals surface area contributed by atoms with Gasteiger partial charge in [-0.2, -0.15) is 0 Å². The van der Waals surface area contributed by atoms with Crippen LogP contribution in [0.4, 0.5) is 5.69 Å². The molecule has 0 amide bonds. The highest BCUT2D eigenvalue weighted by atomic mass is 79.9. The van der Waals surface area contributed by atoms with Gasteiger partial charge in [-0.3, -0.25) is 0 Å². The Morgan fingerprint density at radius 2 is 1.95 bits per heavy atom. The summed E-state index contributed by atoms with van der Waals surface area (Å²) in [6.45, 7) is 8.66. The summed E-state index contributed by atoms with van der Waals surface area (Å²) in [7, 11) is 0. The van der Waals surface area contributed by atoms with Crippen molar-refractivity contribution in [2.24, 2.45) is 5.41 Å². The molecule has 2 rings (SSSR count). The third kappa shape index (κ3) is 3.12. The predicted molar refractivity (Wildman–Crippen MR) is 87.5 cm³/mol. The first kappa shape index (κ1) is 16.1. The van der Waals surface area contributed by atoms with Crippen molar-refractivity contribution >= 4 is 33.2 Å². The van der Waals surface area contributed by atoms with Gasteiger partial charge in [0.05, 0.1) is 22.5 Å². The summed E-state index contributed by atoms with van der Waals surface area (Å²) >= 11 is 9.90. The predicted octanol–water partition coefficient (Wildman–Crippen LogP) is 4.18. The first-order valence-electron chi connectivity index (χ1n) is 7.12. The molecule has 20 heavy (non-hydrogen) atoms. The SMILES string of the molecule is CCc1c(Cl)nc(CO)c(Br)c1N1CCC(C)(C)CC1. The standard InChI is InChI=1S/C15H22BrClN2O/c1-4-10-13(12(16)11(9-20)18-14(10)17)19-7-5-15(2,3)6-8-19/h20H,4-9H2,1-3H3. The molecule has 0 spiro atoms. The highest BCUT2D eigenvalue weighted by molar-refractivity contribution is 9.10. The van der Waals surface area contributed by atoms with Crippen LogP contribution in [-0.2, 0) is 13.0 Å². The molecule has 1 aliphatic rings. The number of pyridine rings is 1. The summed E-state index contributed by atoms with van der Waals surface area (Å²) in [4.78, 5) is 6.66. The van der Waals surface area contributed by atoms with E-state index in [1.165, 1.54) is 0 Å². The Hall–Kier alpha value is -0.320. The van der Waals surface area contributed by atoms with Gasteiger partial charge >= 0.3 is 0 Å². The Balaban J connectivity index is 2.42. The molecule has 0 aromatic carbocycles. The zero-order chi connectivity index (χ0) is 14.9. The number of rotatable bonds is 3. The van der Waals surface area contributed by atoms with Gasteiger partial charge in [-0.05, 0) is 40.6 Å². The van der Waals surface area contributed by atoms with E-state index in [2.05, 4.69) is 46.6 Å². The second-order valence-corrected chi connectivity index (χ2v) is 7.30. The maximum absolute atomic E-state index is 9.44. The van der Waals surface area contributed by atoms with E-state index in [9.17, 15) is 5.11 Å². The topological polar surface area (TPSA) is 36.4 Å². The van der Waals surface area contributed by atoms with Gasteiger partial charge in [-0.15, -0.1) is 0 Å². The molecule has 1 aromatic rings. The molecule has 0 unspecified atom stereocenters. The summed E-state index contributed by atoms with van der Waals surface area (Å²) in [5, 5.41) is 9.96. The third-order valence-corrected chi connectivity index (χ3v) is 5.31. The average Bonchev–Trinajstić information content (AvgIpc) is 2.41. The van der Waals surface area contributed by atoms with Crippen LogP contribution in [0.15, 0.2) is 4.47 Å². The van der Waals surface area contributed by atoms with Crippen molar-refractivity contribution < 1.29 is 5.11 Å². The summed E-state index contributed by atoms with van der Waals surface area (Å²) in [6, 6.07) is 0. The molecule has 1 N–H and O–H groups in total. The van der Waals surface area contributed by atoms with E-state index >= 15 is 0 Å². The molecule has 1 saturated heterocycles. The summed E-state index contributed by atoms with van der Waals surface area (Å²) in [6.07, 6.45) is 3.17. The number of nitrogens with zero attached hydrogens (tertiary/aromatic N) is 2. The average molecular weight is 362 g/mol. The number of aliphatic hydroxyl groups is 1. The maximum atomic E-state index is 9.44. The molecular weight excluding hydrogens is 340 g/mol. The quantitative estimate of drug-likeness (QED) is 0.821. The molecule has 0 bridgehead atoms. The lowest BCUT2D eigenvalue weighted by molar-refractivity contribution is 0.274. The maximum Gasteiger partial charge on any atom is 0.134 e. The minimum absolute atomic E-state index is 0.101. The molecule has 0 aliphatic carbocycles. The zero-order valence-electron chi connectivity index (χ0n) is 12.3. The van der Waals surface area contributed by atoms with E-state index in [1.807, 2.05) is 0 Å². The van der Waals surface area contributed by atoms with Gasteiger partial charge in [0, 0.05) is 18.7 Å². The van der Waals surface area contributed by atoms with Crippen molar-refractivity contribution in [3.05, 3.63) is 20.9 Å². The van der Waals surface area contributed by atoms with Gasteiger partial charge in [0.25, 0.3) is 0 Å². The lowest BCUT2D eigenvalue weighted by Gasteiger charge is -2.39. The Labute approximate surface area is 134 Å². The molecule has 3 nitrogen and oxygen atoms in total. The van der Waals surface area contributed by atoms with Gasteiger partial charge in [0.2, 0.25) is 0 Å². The number of anilines is 1. The van der Waals surface area contributed by atoms with E-state index in [-0.39, 0.29) is 6.61 Å². The fourth-order valence-electron chi connectivity index (χ4n) is 2.69. The smallest absolute Gasteiger partial charge is 0.134 e. The zero-order valence-corrected chi connectivity index (χ0v) is 14.7. The molecule has 1 fully saturated rings. The number of hydrogen-bond acceptors (Lipinski definition) is 3. The third-order valence-electron chi connectivity index (χ3n) is 4.17. The van der Waals surface area contributed by atoms with E-state index in [4.69, 9.17) is 11.6 Å². The van der Waals surface area contributed by atoms with Crippen LogP contribution in [0.3, 0.4) is 0 Å². The van der Waals surface area contributed by atoms with E-state index in [0.717, 1.165) is 48.1 Å². The molecule has 0 saturated carbocycles. The monoisotopic (exact) mass is 360 g/mol. The second-order valence-electron chi connectivity index (χ2n) is 6.15. The Morgan fingerprint density at radius 1 is 1.35 bits per heavy atom. The highest BCUT2D eigenvalue weighted by Crippen LogP contribution is 2.40. The van der Waals surface area contributed by atoms with Crippen molar-refractivity contribution in [2.45, 2.75) is 46.6 Å². The lowest BCUT2D eigenvalue weighted by atomic mass is 9.82. The van der Waals surface area contributed by atoms with Crippen LogP contribution < -0.4 is 4.90 Å². The van der Waals surface area contributed by atoms with Gasteiger partial charge < -0.3 is 10.0 Å². The first-order chi connectivity index (χ1) is 9.39. The number of hydrogen-bond donors (Lipinski definition) is 1. The van der Waals surface area contributed by atoms with Crippen LogP contribution >= 0.6 is 27.5 Å². The second kappa shape index (κ2) is 6.20. The van der Waals surface area contributed by atoms with Crippen LogP contribution in [0.25, 0.3) is 0 Å². The number of aromatic nitrogens is 1. The van der Waals surface area contributed by atoms with E-state index in [1.54, 1.807) is 0 Å². The lowest BCUT2D eigenvalue weighted by Crippen LogP contribution is -2.38. The van der Waals surface area contributed by atoms with Crippen molar-refractivity contribution in [3.8, 4) is 0 Å². The van der Waals surface area contributed by atoms with E-state index < -0.39 is 0 Å². The number of halogens is 2. The van der Waals surface area contributed by atoms with Crippen LogP contribution in [0.2, 0.25) is 5.15 Å². The molecule has 2 heterocycles. The molecule has 112 valence electrons. The Bertz CT molecular complexity index is 495. The number of aliphatic hydroxyl groups excluding tert-OH is 1. The molecule has 0 radical (unpaired) electrons. The van der Waals surface area contributed by atoms with Crippen LogP contribution in [0, 0.1) is 5.41 Å². The molecule has 1 aromatic heterocycles. The first-order valence-corrected chi connectivity index (χ1v) is 8.29. The normalized spacial score (nSPS) is 18.4. The highest BCUT2D eigenvalue weighted by Gasteiger charge is 2.29. The van der Waals surface area contributed by atoms with Gasteiger partial charge in [0.15, 0.2) is 0 Å². The van der Waals surface area contributed by atoms with Crippen molar-refractivity contribution in [1.29, 1.82) is 0 Å². The van der Waals surface area contributed by atoms with Crippen molar-refractivity contribution in [3.63, 3.8) is 0 Å². The minimum Gasteiger partial charge on any atom is -0.390 e. The van der Waals surface area contributed by atoms with Crippen molar-refractivity contribution in [1.82, 2.24) is 4.98 Å². The summed E-state index contributed by atoms with van der Waals surface area (Å²) < 4.78 is 0.890. The fourth-order valence-corrected chi connectivity index (χ4v) is 3.71. The van der Waals surface area contributed by atoms with Crippen LogP contribution in [0.1, 0.15) is 44.9 Å². The van der Waals surface area contributed by atoms with Gasteiger partial charge in [-0.25, -0.2) is 4.98 Å². The molecule has 0 atom stereocenters. The summed E-state index contributed by atoms with van der Waals surface area (Å²) in [5.41, 5.74) is 3.21. The Kier molecular flexibility index (Phi) is 4.98. The van der Waals surface area contributed by atoms with Crippen molar-refractivity contribution in [2.75, 3.05) is 18.0 Å². The summed E-state index contributed by atoms with van der Waals surface area (Å²) in [5.74, 6) is 0. The van der Waals surface area contributed by atoms with Gasteiger partial charge in [0.1, 0.15) is 5.15 Å². The molecule has 5 heteroatoms. The van der Waals surface area contributed by atoms with Crippen LogP contribution in [0.5, 0.6) is 0 Å². The fraction of sp³-hybridized carbons (Fsp3) is 0.667. The van der Waals surface area contributed by atoms with Crippen LogP contribution in [-0.4, -0.2) is 23.2 Å². The minimum atomic E-state index is -0.101. The van der Waals surface area contributed by atoms with E-state index in [0.29, 0.717) is 16.3 Å². The number of piperidine rings is 1.